The SMILES string of the molecule is CC(C)(C)CC(C)(C)CC(=O)N[C@@H](CCC=O)C(=O)O. The molecule has 0 aliphatic carbocycles. The average molecular weight is 285 g/mol. The van der Waals surface area contributed by atoms with E-state index in [-0.39, 0.29) is 36.0 Å². The second-order valence-corrected chi connectivity index (χ2v) is 7.28. The maximum absolute atomic E-state index is 12.0. The maximum atomic E-state index is 12.0. The highest BCUT2D eigenvalue weighted by molar-refractivity contribution is 5.84. The molecule has 0 spiro atoms. The minimum absolute atomic E-state index is 0.105. The number of rotatable bonds is 8. The van der Waals surface area contributed by atoms with Gasteiger partial charge >= 0.3 is 5.97 Å². The minimum Gasteiger partial charge on any atom is -0.480 e. The van der Waals surface area contributed by atoms with E-state index in [1.54, 1.807) is 0 Å². The van der Waals surface area contributed by atoms with Gasteiger partial charge in [-0.05, 0) is 23.7 Å². The zero-order valence-electron chi connectivity index (χ0n) is 13.2. The van der Waals surface area contributed by atoms with Crippen molar-refractivity contribution in [2.45, 2.75) is 66.3 Å². The maximum Gasteiger partial charge on any atom is 0.326 e. The third-order valence-corrected chi connectivity index (χ3v) is 2.85. The fraction of sp³-hybridized carbons (Fsp3) is 0.800. The van der Waals surface area contributed by atoms with Gasteiger partial charge in [0.05, 0.1) is 0 Å². The molecule has 116 valence electrons. The van der Waals surface area contributed by atoms with E-state index in [2.05, 4.69) is 26.1 Å². The standard InChI is InChI=1S/C15H27NO4/c1-14(2,3)10-15(4,5)9-12(18)16-11(13(19)20)7-6-8-17/h8,11H,6-7,9-10H2,1-5H3,(H,16,18)(H,19,20)/t11-/m0/s1. The first kappa shape index (κ1) is 18.6. The van der Waals surface area contributed by atoms with Gasteiger partial charge in [-0.25, -0.2) is 4.79 Å². The van der Waals surface area contributed by atoms with E-state index in [1.807, 2.05) is 13.8 Å². The van der Waals surface area contributed by atoms with Crippen molar-refractivity contribution in [2.24, 2.45) is 10.8 Å². The molecule has 0 aromatic carbocycles. The first-order chi connectivity index (χ1) is 8.97. The topological polar surface area (TPSA) is 83.5 Å². The third kappa shape index (κ3) is 8.67. The summed E-state index contributed by atoms with van der Waals surface area (Å²) in [5.74, 6) is -1.38. The number of carbonyl (C=O) groups excluding carboxylic acids is 2. The van der Waals surface area contributed by atoms with Crippen LogP contribution in [0, 0.1) is 10.8 Å². The lowest BCUT2D eigenvalue weighted by molar-refractivity contribution is -0.142. The molecule has 0 fully saturated rings. The Morgan fingerprint density at radius 1 is 1.20 bits per heavy atom. The molecule has 0 aromatic rings. The number of hydrogen-bond acceptors (Lipinski definition) is 3. The lowest BCUT2D eigenvalue weighted by atomic mass is 9.74. The summed E-state index contributed by atoms with van der Waals surface area (Å²) in [5.41, 5.74) is -0.0937. The van der Waals surface area contributed by atoms with Gasteiger partial charge < -0.3 is 15.2 Å². The van der Waals surface area contributed by atoms with E-state index in [9.17, 15) is 14.4 Å². The van der Waals surface area contributed by atoms with Gasteiger partial charge in [-0.2, -0.15) is 0 Å². The Kier molecular flexibility index (Phi) is 6.89. The molecule has 0 saturated carbocycles. The lowest BCUT2D eigenvalue weighted by Crippen LogP contribution is -2.42. The van der Waals surface area contributed by atoms with Crippen molar-refractivity contribution >= 4 is 18.2 Å². The van der Waals surface area contributed by atoms with Crippen LogP contribution in [0.15, 0.2) is 0 Å². The molecule has 5 nitrogen and oxygen atoms in total. The Hall–Kier alpha value is -1.39. The van der Waals surface area contributed by atoms with Gasteiger partial charge in [0.1, 0.15) is 12.3 Å². The van der Waals surface area contributed by atoms with E-state index in [0.29, 0.717) is 6.29 Å². The molecule has 0 aromatic heterocycles. The summed E-state index contributed by atoms with van der Waals surface area (Å²) in [6.45, 7) is 10.3. The molecule has 0 saturated heterocycles. The molecule has 0 aliphatic heterocycles. The number of aliphatic carboxylic acids is 1. The molecule has 0 rings (SSSR count). The molecule has 1 atom stereocenters. The second kappa shape index (κ2) is 7.41. The Morgan fingerprint density at radius 3 is 2.15 bits per heavy atom. The van der Waals surface area contributed by atoms with Crippen molar-refractivity contribution in [3.8, 4) is 0 Å². The van der Waals surface area contributed by atoms with Crippen molar-refractivity contribution in [3.05, 3.63) is 0 Å². The number of carboxylic acid groups (broad SMARTS) is 1. The van der Waals surface area contributed by atoms with Crippen molar-refractivity contribution < 1.29 is 19.5 Å². The molecule has 0 unspecified atom stereocenters. The zero-order valence-corrected chi connectivity index (χ0v) is 13.2. The molecule has 0 aliphatic rings. The van der Waals surface area contributed by atoms with Crippen LogP contribution in [0.3, 0.4) is 0 Å². The molecule has 0 radical (unpaired) electrons. The van der Waals surface area contributed by atoms with Crippen molar-refractivity contribution in [2.75, 3.05) is 0 Å². The van der Waals surface area contributed by atoms with Crippen LogP contribution < -0.4 is 5.32 Å². The van der Waals surface area contributed by atoms with Crippen LogP contribution in [-0.2, 0) is 14.4 Å². The van der Waals surface area contributed by atoms with Crippen LogP contribution in [0.5, 0.6) is 0 Å². The van der Waals surface area contributed by atoms with Crippen LogP contribution in [0.2, 0.25) is 0 Å². The molecule has 1 amide bonds. The number of carboxylic acids is 1. The smallest absolute Gasteiger partial charge is 0.326 e. The van der Waals surface area contributed by atoms with Gasteiger partial charge in [0.15, 0.2) is 0 Å². The number of nitrogens with one attached hydrogen (secondary N) is 1. The molecule has 0 bridgehead atoms. The van der Waals surface area contributed by atoms with Gasteiger partial charge in [-0.15, -0.1) is 0 Å². The Labute approximate surface area is 121 Å². The average Bonchev–Trinajstić information content (AvgIpc) is 2.18. The largest absolute Gasteiger partial charge is 0.480 e. The quantitative estimate of drug-likeness (QED) is 0.671. The summed E-state index contributed by atoms with van der Waals surface area (Å²) in [4.78, 5) is 33.3. The molecular weight excluding hydrogens is 258 g/mol. The van der Waals surface area contributed by atoms with Gasteiger partial charge in [-0.1, -0.05) is 34.6 Å². The van der Waals surface area contributed by atoms with Crippen LogP contribution in [0.25, 0.3) is 0 Å². The predicted octanol–water partition coefficient (Wildman–Crippen LogP) is 2.39. The molecule has 20 heavy (non-hydrogen) atoms. The highest BCUT2D eigenvalue weighted by Gasteiger charge is 2.29. The van der Waals surface area contributed by atoms with E-state index < -0.39 is 12.0 Å². The van der Waals surface area contributed by atoms with Crippen molar-refractivity contribution in [1.29, 1.82) is 0 Å². The lowest BCUT2D eigenvalue weighted by Gasteiger charge is -2.32. The predicted molar refractivity (Wildman–Crippen MR) is 77.3 cm³/mol. The molecule has 5 heteroatoms. The first-order valence-corrected chi connectivity index (χ1v) is 6.93. The number of hydrogen-bond donors (Lipinski definition) is 2. The fourth-order valence-electron chi connectivity index (χ4n) is 2.67. The van der Waals surface area contributed by atoms with E-state index >= 15 is 0 Å². The van der Waals surface area contributed by atoms with E-state index in [1.165, 1.54) is 0 Å². The third-order valence-electron chi connectivity index (χ3n) is 2.85. The molecule has 2 N–H and O–H groups in total. The number of amides is 1. The van der Waals surface area contributed by atoms with Crippen LogP contribution in [0.1, 0.15) is 60.3 Å². The fourth-order valence-corrected chi connectivity index (χ4v) is 2.67. The Balaban J connectivity index is 4.51. The monoisotopic (exact) mass is 285 g/mol. The molecular formula is C15H27NO4. The van der Waals surface area contributed by atoms with Crippen LogP contribution in [-0.4, -0.2) is 29.3 Å². The Bertz CT molecular complexity index is 355. The summed E-state index contributed by atoms with van der Waals surface area (Å²) >= 11 is 0. The Morgan fingerprint density at radius 2 is 1.75 bits per heavy atom. The van der Waals surface area contributed by atoms with Gasteiger partial charge in [0.2, 0.25) is 5.91 Å². The highest BCUT2D eigenvalue weighted by Crippen LogP contribution is 2.35. The van der Waals surface area contributed by atoms with E-state index in [4.69, 9.17) is 5.11 Å². The van der Waals surface area contributed by atoms with Crippen LogP contribution >= 0.6 is 0 Å². The minimum atomic E-state index is -1.10. The molecule has 0 heterocycles. The van der Waals surface area contributed by atoms with Gasteiger partial charge in [0, 0.05) is 12.8 Å². The summed E-state index contributed by atoms with van der Waals surface area (Å²) in [6.07, 6.45) is 2.05. The first-order valence-electron chi connectivity index (χ1n) is 6.93. The summed E-state index contributed by atoms with van der Waals surface area (Å²) in [6, 6.07) is -0.988. The van der Waals surface area contributed by atoms with E-state index in [0.717, 1.165) is 6.42 Å². The summed E-state index contributed by atoms with van der Waals surface area (Å²) in [7, 11) is 0. The van der Waals surface area contributed by atoms with Gasteiger partial charge in [-0.3, -0.25) is 4.79 Å². The number of aldehydes is 1. The van der Waals surface area contributed by atoms with Crippen LogP contribution in [0.4, 0.5) is 0 Å². The van der Waals surface area contributed by atoms with Crippen molar-refractivity contribution in [1.82, 2.24) is 5.32 Å². The summed E-state index contributed by atoms with van der Waals surface area (Å²) in [5, 5.41) is 11.5. The van der Waals surface area contributed by atoms with Gasteiger partial charge in [0.25, 0.3) is 0 Å². The number of carbonyl (C=O) groups is 3. The van der Waals surface area contributed by atoms with Crippen molar-refractivity contribution in [3.63, 3.8) is 0 Å². The normalized spacial score (nSPS) is 13.7. The summed E-state index contributed by atoms with van der Waals surface area (Å²) < 4.78 is 0. The second-order valence-electron chi connectivity index (χ2n) is 7.28. The highest BCUT2D eigenvalue weighted by atomic mass is 16.4. The zero-order chi connectivity index (χ0) is 16.0.